The topological polar surface area (TPSA) is 101 Å². The van der Waals surface area contributed by atoms with Gasteiger partial charge in [0.05, 0.1) is 11.1 Å². The number of thiazole rings is 1. The van der Waals surface area contributed by atoms with Crippen molar-refractivity contribution in [3.05, 3.63) is 40.1 Å². The fraction of sp³-hybridized carbons (Fsp3) is 0.333. The summed E-state index contributed by atoms with van der Waals surface area (Å²) in [5.74, 6) is -0.959. The van der Waals surface area contributed by atoms with Crippen LogP contribution in [0.3, 0.4) is 0 Å². The second-order valence-corrected chi connectivity index (χ2v) is 5.90. The number of hydrogen-bond acceptors (Lipinski definition) is 6. The number of nitrogens with zero attached hydrogens (tertiary/aromatic N) is 2. The van der Waals surface area contributed by atoms with Crippen molar-refractivity contribution in [2.45, 2.75) is 26.4 Å². The molecule has 8 heteroatoms. The molecule has 2 N–H and O–H groups in total. The number of carboxylic acid groups (broad SMARTS) is 1. The van der Waals surface area contributed by atoms with E-state index in [4.69, 9.17) is 9.84 Å². The van der Waals surface area contributed by atoms with E-state index in [1.807, 2.05) is 13.8 Å². The number of aromatic nitrogens is 2. The first-order chi connectivity index (χ1) is 11.0. The van der Waals surface area contributed by atoms with Gasteiger partial charge < -0.3 is 15.2 Å². The molecule has 0 fully saturated rings. The van der Waals surface area contributed by atoms with Gasteiger partial charge in [-0.05, 0) is 26.0 Å². The molecule has 1 amide bonds. The molecule has 0 aliphatic carbocycles. The van der Waals surface area contributed by atoms with Crippen molar-refractivity contribution in [3.8, 4) is 5.75 Å². The van der Waals surface area contributed by atoms with Gasteiger partial charge in [-0.15, -0.1) is 11.3 Å². The third-order valence-electron chi connectivity index (χ3n) is 2.74. The second-order valence-electron chi connectivity index (χ2n) is 4.95. The summed E-state index contributed by atoms with van der Waals surface area (Å²) in [6.45, 7) is 4.08. The highest BCUT2D eigenvalue weighted by Gasteiger charge is 2.15. The Labute approximate surface area is 137 Å². The first kappa shape index (κ1) is 16.9. The van der Waals surface area contributed by atoms with Gasteiger partial charge in [0.1, 0.15) is 0 Å². The van der Waals surface area contributed by atoms with E-state index in [2.05, 4.69) is 15.3 Å². The lowest BCUT2D eigenvalue weighted by Crippen LogP contribution is -2.27. The molecule has 0 aromatic carbocycles. The predicted octanol–water partition coefficient (Wildman–Crippen LogP) is 2.00. The molecule has 0 unspecified atom stereocenters. The van der Waals surface area contributed by atoms with E-state index in [1.165, 1.54) is 22.9 Å². The molecule has 0 spiro atoms. The van der Waals surface area contributed by atoms with Crippen LogP contribution >= 0.6 is 11.3 Å². The summed E-state index contributed by atoms with van der Waals surface area (Å²) in [5.41, 5.74) is 0.250. The van der Waals surface area contributed by atoms with Crippen LogP contribution in [0.4, 0.5) is 0 Å². The summed E-state index contributed by atoms with van der Waals surface area (Å²) in [4.78, 5) is 31.0. The fourth-order valence-electron chi connectivity index (χ4n) is 1.80. The number of hydrogen-bond donors (Lipinski definition) is 2. The van der Waals surface area contributed by atoms with Crippen LogP contribution in [0.5, 0.6) is 5.75 Å². The van der Waals surface area contributed by atoms with Crippen molar-refractivity contribution in [2.24, 2.45) is 0 Å². The number of carbonyl (C=O) groups is 2. The summed E-state index contributed by atoms with van der Waals surface area (Å²) in [5, 5.41) is 13.7. The Hall–Kier alpha value is -2.48. The van der Waals surface area contributed by atoms with Crippen molar-refractivity contribution in [1.82, 2.24) is 15.3 Å². The van der Waals surface area contributed by atoms with Crippen molar-refractivity contribution >= 4 is 23.2 Å². The largest absolute Gasteiger partial charge is 0.489 e. The quantitative estimate of drug-likeness (QED) is 0.802. The number of nitrogens with one attached hydrogen (secondary N) is 1. The minimum atomic E-state index is -1.06. The zero-order valence-corrected chi connectivity index (χ0v) is 13.6. The number of amides is 1. The average Bonchev–Trinajstić information content (AvgIpc) is 2.96. The number of carbonyl (C=O) groups excluding carboxylic acids is 1. The highest BCUT2D eigenvalue weighted by atomic mass is 32.1. The monoisotopic (exact) mass is 335 g/mol. The van der Waals surface area contributed by atoms with E-state index in [0.29, 0.717) is 23.7 Å². The molecule has 2 aromatic heterocycles. The summed E-state index contributed by atoms with van der Waals surface area (Å²) in [7, 11) is 0. The number of aromatic carboxylic acids is 1. The third-order valence-corrected chi connectivity index (χ3v) is 3.65. The van der Waals surface area contributed by atoms with E-state index in [9.17, 15) is 9.59 Å². The lowest BCUT2D eigenvalue weighted by atomic mass is 10.3. The molecule has 7 nitrogen and oxygen atoms in total. The smallest absolute Gasteiger partial charge is 0.355 e. The zero-order chi connectivity index (χ0) is 16.8. The summed E-state index contributed by atoms with van der Waals surface area (Å²) < 4.78 is 5.56. The van der Waals surface area contributed by atoms with Crippen molar-refractivity contribution in [2.75, 3.05) is 6.54 Å². The van der Waals surface area contributed by atoms with E-state index in [0.717, 1.165) is 0 Å². The van der Waals surface area contributed by atoms with Gasteiger partial charge in [-0.2, -0.15) is 0 Å². The standard InChI is InChI=1S/C15H17N3O4S/c1-9(2)22-11-4-3-6-16-13(11)14(19)17-7-5-12-18-10(8-23-12)15(20)21/h3-4,6,8-9H,5,7H2,1-2H3,(H,17,19)(H,20,21). The molecule has 0 aliphatic heterocycles. The van der Waals surface area contributed by atoms with Crippen molar-refractivity contribution in [3.63, 3.8) is 0 Å². The van der Waals surface area contributed by atoms with E-state index >= 15 is 0 Å². The molecule has 23 heavy (non-hydrogen) atoms. The van der Waals surface area contributed by atoms with Gasteiger partial charge in [0, 0.05) is 24.5 Å². The molecule has 2 heterocycles. The number of ether oxygens (including phenoxy) is 1. The molecule has 0 saturated carbocycles. The summed E-state index contributed by atoms with van der Waals surface area (Å²) in [6, 6.07) is 3.40. The van der Waals surface area contributed by atoms with Crippen molar-refractivity contribution in [1.29, 1.82) is 0 Å². The number of rotatable bonds is 7. The average molecular weight is 335 g/mol. The fourth-order valence-corrected chi connectivity index (χ4v) is 2.57. The maximum atomic E-state index is 12.2. The highest BCUT2D eigenvalue weighted by Crippen LogP contribution is 2.17. The highest BCUT2D eigenvalue weighted by molar-refractivity contribution is 7.09. The Balaban J connectivity index is 1.93. The van der Waals surface area contributed by atoms with Gasteiger partial charge >= 0.3 is 5.97 Å². The molecule has 0 aliphatic rings. The molecule has 122 valence electrons. The van der Waals surface area contributed by atoms with Crippen molar-refractivity contribution < 1.29 is 19.4 Å². The SMILES string of the molecule is CC(C)Oc1cccnc1C(=O)NCCc1nc(C(=O)O)cs1. The van der Waals surface area contributed by atoms with Gasteiger partial charge in [-0.3, -0.25) is 4.79 Å². The summed E-state index contributed by atoms with van der Waals surface area (Å²) >= 11 is 1.25. The Morgan fingerprint density at radius 3 is 2.87 bits per heavy atom. The van der Waals surface area contributed by atoms with E-state index in [1.54, 1.807) is 12.1 Å². The van der Waals surface area contributed by atoms with Crippen LogP contribution in [-0.4, -0.2) is 39.6 Å². The molecule has 0 radical (unpaired) electrons. The normalized spacial score (nSPS) is 10.6. The van der Waals surface area contributed by atoms with Gasteiger partial charge in [-0.25, -0.2) is 14.8 Å². The maximum Gasteiger partial charge on any atom is 0.355 e. The second kappa shape index (κ2) is 7.68. The molecule has 2 rings (SSSR count). The van der Waals surface area contributed by atoms with Gasteiger partial charge in [0.2, 0.25) is 0 Å². The van der Waals surface area contributed by atoms with Crippen LogP contribution in [-0.2, 0) is 6.42 Å². The van der Waals surface area contributed by atoms with Gasteiger partial charge in [-0.1, -0.05) is 0 Å². The molecule has 0 bridgehead atoms. The Morgan fingerprint density at radius 1 is 1.43 bits per heavy atom. The Kier molecular flexibility index (Phi) is 5.64. The third kappa shape index (κ3) is 4.75. The molecule has 0 atom stereocenters. The van der Waals surface area contributed by atoms with Crippen LogP contribution in [0.1, 0.15) is 39.8 Å². The van der Waals surface area contributed by atoms with Gasteiger partial charge in [0.25, 0.3) is 5.91 Å². The lowest BCUT2D eigenvalue weighted by molar-refractivity contribution is 0.0690. The molecular formula is C15H17N3O4S. The zero-order valence-electron chi connectivity index (χ0n) is 12.8. The van der Waals surface area contributed by atoms with Crippen LogP contribution in [0.2, 0.25) is 0 Å². The lowest BCUT2D eigenvalue weighted by Gasteiger charge is -2.12. The van der Waals surface area contributed by atoms with Crippen LogP contribution in [0.15, 0.2) is 23.7 Å². The van der Waals surface area contributed by atoms with Gasteiger partial charge in [0.15, 0.2) is 17.1 Å². The van der Waals surface area contributed by atoms with Crippen LogP contribution in [0, 0.1) is 0 Å². The Morgan fingerprint density at radius 2 is 2.22 bits per heavy atom. The molecule has 0 saturated heterocycles. The summed E-state index contributed by atoms with van der Waals surface area (Å²) in [6.07, 6.45) is 1.93. The maximum absolute atomic E-state index is 12.2. The first-order valence-corrected chi connectivity index (χ1v) is 7.93. The molecule has 2 aromatic rings. The number of pyridine rings is 1. The van der Waals surface area contributed by atoms with E-state index < -0.39 is 5.97 Å². The predicted molar refractivity (Wildman–Crippen MR) is 85.1 cm³/mol. The Bertz CT molecular complexity index is 700. The molecular weight excluding hydrogens is 318 g/mol. The minimum Gasteiger partial charge on any atom is -0.489 e. The van der Waals surface area contributed by atoms with Crippen LogP contribution in [0.25, 0.3) is 0 Å². The first-order valence-electron chi connectivity index (χ1n) is 7.05. The number of carboxylic acids is 1. The van der Waals surface area contributed by atoms with E-state index in [-0.39, 0.29) is 23.4 Å². The van der Waals surface area contributed by atoms with Crippen LogP contribution < -0.4 is 10.1 Å². The minimum absolute atomic E-state index is 0.0219.